The summed E-state index contributed by atoms with van der Waals surface area (Å²) in [5, 5.41) is 10.5. The maximum absolute atomic E-state index is 13.3. The number of ether oxygens (including phenoxy) is 1. The van der Waals surface area contributed by atoms with Crippen LogP contribution in [0, 0.1) is 5.82 Å². The number of halogens is 1. The highest BCUT2D eigenvalue weighted by Gasteiger charge is 2.39. The third-order valence-electron chi connectivity index (χ3n) is 4.95. The van der Waals surface area contributed by atoms with Crippen LogP contribution in [0.4, 0.5) is 4.39 Å². The molecule has 0 radical (unpaired) electrons. The van der Waals surface area contributed by atoms with Crippen molar-refractivity contribution in [2.24, 2.45) is 0 Å². The fourth-order valence-electron chi connectivity index (χ4n) is 3.35. The first-order chi connectivity index (χ1) is 12.8. The summed E-state index contributed by atoms with van der Waals surface area (Å²) < 4.78 is 46.1. The molecule has 2 heterocycles. The van der Waals surface area contributed by atoms with Gasteiger partial charge >= 0.3 is 0 Å². The molecule has 3 rings (SSSR count). The van der Waals surface area contributed by atoms with Crippen molar-refractivity contribution in [2.45, 2.75) is 30.1 Å². The zero-order valence-electron chi connectivity index (χ0n) is 15.0. The zero-order chi connectivity index (χ0) is 19.6. The Bertz CT molecular complexity index is 783. The van der Waals surface area contributed by atoms with Crippen molar-refractivity contribution in [3.05, 3.63) is 30.1 Å². The van der Waals surface area contributed by atoms with E-state index in [-0.39, 0.29) is 17.4 Å². The Hall–Kier alpha value is -1.59. The number of benzene rings is 1. The lowest BCUT2D eigenvalue weighted by molar-refractivity contribution is -0.130. The normalized spacial score (nSPS) is 27.1. The number of amides is 1. The molecule has 2 fully saturated rings. The third-order valence-corrected chi connectivity index (χ3v) is 6.44. The summed E-state index contributed by atoms with van der Waals surface area (Å²) >= 11 is 0. The van der Waals surface area contributed by atoms with Gasteiger partial charge in [0.05, 0.1) is 29.8 Å². The van der Waals surface area contributed by atoms with Crippen molar-refractivity contribution in [1.29, 1.82) is 0 Å². The number of aliphatic hydroxyl groups is 1. The van der Waals surface area contributed by atoms with Crippen LogP contribution in [-0.2, 0) is 19.6 Å². The standard InChI is InChI=1S/C17H24FN3O5S/c1-12(22)21-7-5-20(6-8-21)10-16-17(23)15(11-26-16)19-27(24,25)14-4-2-3-13(18)9-14/h2-4,9,15-17,19,23H,5-8,10-11H2,1H3. The largest absolute Gasteiger partial charge is 0.389 e. The van der Waals surface area contributed by atoms with E-state index < -0.39 is 34.1 Å². The maximum atomic E-state index is 13.3. The van der Waals surface area contributed by atoms with E-state index in [1.54, 1.807) is 4.90 Å². The average Bonchev–Trinajstić information content (AvgIpc) is 2.95. The Morgan fingerprint density at radius 3 is 2.67 bits per heavy atom. The van der Waals surface area contributed by atoms with E-state index in [0.717, 1.165) is 12.1 Å². The number of rotatable bonds is 5. The van der Waals surface area contributed by atoms with E-state index in [1.165, 1.54) is 19.1 Å². The number of nitrogens with zero attached hydrogens (tertiary/aromatic N) is 2. The van der Waals surface area contributed by atoms with Gasteiger partial charge in [-0.25, -0.2) is 17.5 Å². The average molecular weight is 401 g/mol. The van der Waals surface area contributed by atoms with Gasteiger partial charge in [0.25, 0.3) is 0 Å². The molecule has 0 spiro atoms. The summed E-state index contributed by atoms with van der Waals surface area (Å²) in [4.78, 5) is 15.0. The quantitative estimate of drug-likeness (QED) is 0.684. The molecular weight excluding hydrogens is 377 g/mol. The van der Waals surface area contributed by atoms with Crippen LogP contribution >= 0.6 is 0 Å². The molecule has 0 bridgehead atoms. The van der Waals surface area contributed by atoms with Gasteiger partial charge in [0, 0.05) is 39.6 Å². The second kappa shape index (κ2) is 8.19. The minimum atomic E-state index is -3.96. The van der Waals surface area contributed by atoms with Crippen molar-refractivity contribution in [3.63, 3.8) is 0 Å². The van der Waals surface area contributed by atoms with Crippen LogP contribution in [0.3, 0.4) is 0 Å². The van der Waals surface area contributed by atoms with Gasteiger partial charge in [0.2, 0.25) is 15.9 Å². The third kappa shape index (κ3) is 4.82. The van der Waals surface area contributed by atoms with Crippen molar-refractivity contribution in [1.82, 2.24) is 14.5 Å². The molecule has 0 saturated carbocycles. The van der Waals surface area contributed by atoms with Gasteiger partial charge in [-0.1, -0.05) is 6.07 Å². The lowest BCUT2D eigenvalue weighted by atomic mass is 10.1. The molecule has 1 amide bonds. The maximum Gasteiger partial charge on any atom is 0.241 e. The van der Waals surface area contributed by atoms with E-state index >= 15 is 0 Å². The first kappa shape index (κ1) is 20.2. The van der Waals surface area contributed by atoms with Gasteiger partial charge in [-0.15, -0.1) is 0 Å². The SMILES string of the molecule is CC(=O)N1CCN(CC2OCC(NS(=O)(=O)c3cccc(F)c3)C2O)CC1. The van der Waals surface area contributed by atoms with E-state index in [9.17, 15) is 22.7 Å². The summed E-state index contributed by atoms with van der Waals surface area (Å²) in [6.45, 7) is 4.60. The smallest absolute Gasteiger partial charge is 0.241 e. The number of nitrogens with one attached hydrogen (secondary N) is 1. The summed E-state index contributed by atoms with van der Waals surface area (Å²) in [6, 6.07) is 3.89. The molecular formula is C17H24FN3O5S. The fraction of sp³-hybridized carbons (Fsp3) is 0.588. The van der Waals surface area contributed by atoms with Crippen LogP contribution < -0.4 is 4.72 Å². The van der Waals surface area contributed by atoms with Crippen LogP contribution in [0.25, 0.3) is 0 Å². The van der Waals surface area contributed by atoms with Gasteiger partial charge in [-0.05, 0) is 18.2 Å². The number of aliphatic hydroxyl groups excluding tert-OH is 1. The molecule has 0 aromatic heterocycles. The Morgan fingerprint density at radius 2 is 2.04 bits per heavy atom. The van der Waals surface area contributed by atoms with Crippen LogP contribution in [0.15, 0.2) is 29.2 Å². The first-order valence-electron chi connectivity index (χ1n) is 8.82. The first-order valence-corrected chi connectivity index (χ1v) is 10.3. The van der Waals surface area contributed by atoms with Crippen LogP contribution in [0.2, 0.25) is 0 Å². The predicted molar refractivity (Wildman–Crippen MR) is 95.0 cm³/mol. The monoisotopic (exact) mass is 401 g/mol. The van der Waals surface area contributed by atoms with E-state index in [0.29, 0.717) is 32.7 Å². The topological polar surface area (TPSA) is 99.2 Å². The van der Waals surface area contributed by atoms with Crippen molar-refractivity contribution < 1.29 is 27.4 Å². The van der Waals surface area contributed by atoms with Gasteiger partial charge in [0.1, 0.15) is 5.82 Å². The van der Waals surface area contributed by atoms with Gasteiger partial charge in [-0.2, -0.15) is 0 Å². The Morgan fingerprint density at radius 1 is 1.33 bits per heavy atom. The van der Waals surface area contributed by atoms with Crippen molar-refractivity contribution in [2.75, 3.05) is 39.3 Å². The highest BCUT2D eigenvalue weighted by atomic mass is 32.2. The molecule has 8 nitrogen and oxygen atoms in total. The van der Waals surface area contributed by atoms with Crippen LogP contribution in [-0.4, -0.2) is 86.8 Å². The second-order valence-corrected chi connectivity index (χ2v) is 8.57. The molecule has 150 valence electrons. The molecule has 1 aromatic carbocycles. The number of carbonyl (C=O) groups excluding carboxylic acids is 1. The second-order valence-electron chi connectivity index (χ2n) is 6.85. The molecule has 2 aliphatic rings. The molecule has 3 atom stereocenters. The molecule has 1 aromatic rings. The molecule has 3 unspecified atom stereocenters. The van der Waals surface area contributed by atoms with Gasteiger partial charge < -0.3 is 14.7 Å². The minimum Gasteiger partial charge on any atom is -0.389 e. The Kier molecular flexibility index (Phi) is 6.11. The molecule has 10 heteroatoms. The van der Waals surface area contributed by atoms with E-state index in [2.05, 4.69) is 9.62 Å². The minimum absolute atomic E-state index is 0.0355. The number of hydrogen-bond acceptors (Lipinski definition) is 6. The van der Waals surface area contributed by atoms with Crippen molar-refractivity contribution >= 4 is 15.9 Å². The Balaban J connectivity index is 1.56. The van der Waals surface area contributed by atoms with Crippen LogP contribution in [0.5, 0.6) is 0 Å². The summed E-state index contributed by atoms with van der Waals surface area (Å²) in [7, 11) is -3.96. The number of piperazine rings is 1. The summed E-state index contributed by atoms with van der Waals surface area (Å²) in [5.41, 5.74) is 0. The highest BCUT2D eigenvalue weighted by molar-refractivity contribution is 7.89. The fourth-order valence-corrected chi connectivity index (χ4v) is 4.62. The molecule has 2 saturated heterocycles. The lowest BCUT2D eigenvalue weighted by Gasteiger charge is -2.35. The number of sulfonamides is 1. The Labute approximate surface area is 157 Å². The van der Waals surface area contributed by atoms with Gasteiger partial charge in [0.15, 0.2) is 0 Å². The highest BCUT2D eigenvalue weighted by Crippen LogP contribution is 2.19. The predicted octanol–water partition coefficient (Wildman–Crippen LogP) is -0.604. The molecule has 2 N–H and O–H groups in total. The summed E-state index contributed by atoms with van der Waals surface area (Å²) in [6.07, 6.45) is -1.55. The molecule has 0 aliphatic carbocycles. The number of carbonyl (C=O) groups is 1. The molecule has 27 heavy (non-hydrogen) atoms. The number of hydrogen-bond donors (Lipinski definition) is 2. The molecule has 2 aliphatic heterocycles. The van der Waals surface area contributed by atoms with Crippen molar-refractivity contribution in [3.8, 4) is 0 Å². The van der Waals surface area contributed by atoms with E-state index in [4.69, 9.17) is 4.74 Å². The van der Waals surface area contributed by atoms with Gasteiger partial charge in [-0.3, -0.25) is 9.69 Å². The van der Waals surface area contributed by atoms with E-state index in [1.807, 2.05) is 0 Å². The lowest BCUT2D eigenvalue weighted by Crippen LogP contribution is -2.52. The zero-order valence-corrected chi connectivity index (χ0v) is 15.9. The van der Waals surface area contributed by atoms with Crippen LogP contribution in [0.1, 0.15) is 6.92 Å². The summed E-state index contributed by atoms with van der Waals surface area (Å²) in [5.74, 6) is -0.609.